The fraction of sp³-hybridized carbons (Fsp3) is 0.133. The van der Waals surface area contributed by atoms with Gasteiger partial charge in [-0.2, -0.15) is 5.10 Å². The van der Waals surface area contributed by atoms with E-state index < -0.39 is 0 Å². The number of nitrogens with zero attached hydrogens (tertiary/aromatic N) is 2. The van der Waals surface area contributed by atoms with Crippen LogP contribution in [0.4, 0.5) is 0 Å². The first-order valence-corrected chi connectivity index (χ1v) is 5.90. The minimum absolute atomic E-state index is 0.790. The quantitative estimate of drug-likeness (QED) is 0.701. The van der Waals surface area contributed by atoms with Crippen molar-refractivity contribution in [3.05, 3.63) is 60.3 Å². The van der Waals surface area contributed by atoms with Crippen LogP contribution in [-0.2, 0) is 6.54 Å². The molecule has 0 saturated carbocycles. The van der Waals surface area contributed by atoms with Crippen LogP contribution < -0.4 is 4.74 Å². The molecule has 90 valence electrons. The molecule has 3 aromatic rings. The summed E-state index contributed by atoms with van der Waals surface area (Å²) in [6.07, 6.45) is 2.05. The molecule has 3 heteroatoms. The standard InChI is InChI=1S/C15H14N2O/c1-18-14-7-8-15-13(9-14)11-17(16-15)10-12-5-3-2-4-6-12/h2-9,11H,10H2,1H3. The molecule has 1 heterocycles. The van der Waals surface area contributed by atoms with E-state index in [0.717, 1.165) is 23.2 Å². The first kappa shape index (κ1) is 10.8. The van der Waals surface area contributed by atoms with E-state index in [1.807, 2.05) is 47.3 Å². The molecule has 0 aliphatic heterocycles. The van der Waals surface area contributed by atoms with Gasteiger partial charge in [-0.15, -0.1) is 0 Å². The highest BCUT2D eigenvalue weighted by Gasteiger charge is 2.02. The van der Waals surface area contributed by atoms with E-state index in [2.05, 4.69) is 17.2 Å². The van der Waals surface area contributed by atoms with E-state index in [1.165, 1.54) is 5.56 Å². The summed E-state index contributed by atoms with van der Waals surface area (Å²) in [6.45, 7) is 0.790. The first-order valence-electron chi connectivity index (χ1n) is 5.90. The minimum atomic E-state index is 0.790. The van der Waals surface area contributed by atoms with Gasteiger partial charge in [0.25, 0.3) is 0 Å². The van der Waals surface area contributed by atoms with Gasteiger partial charge < -0.3 is 4.74 Å². The zero-order valence-electron chi connectivity index (χ0n) is 10.2. The third kappa shape index (κ3) is 2.07. The van der Waals surface area contributed by atoms with Crippen LogP contribution in [-0.4, -0.2) is 16.9 Å². The van der Waals surface area contributed by atoms with Crippen molar-refractivity contribution in [3.63, 3.8) is 0 Å². The molecule has 18 heavy (non-hydrogen) atoms. The van der Waals surface area contributed by atoms with Crippen LogP contribution >= 0.6 is 0 Å². The molecule has 0 spiro atoms. The Balaban J connectivity index is 1.94. The summed E-state index contributed by atoms with van der Waals surface area (Å²) in [4.78, 5) is 0. The SMILES string of the molecule is COc1ccc2nn(Cc3ccccc3)cc2c1. The lowest BCUT2D eigenvalue weighted by Crippen LogP contribution is -1.99. The predicted molar refractivity (Wildman–Crippen MR) is 71.8 cm³/mol. The zero-order chi connectivity index (χ0) is 12.4. The van der Waals surface area contributed by atoms with E-state index in [0.29, 0.717) is 0 Å². The number of methoxy groups -OCH3 is 1. The van der Waals surface area contributed by atoms with Crippen molar-refractivity contribution in [2.45, 2.75) is 6.54 Å². The third-order valence-electron chi connectivity index (χ3n) is 2.95. The van der Waals surface area contributed by atoms with Crippen LogP contribution in [0, 0.1) is 0 Å². The summed E-state index contributed by atoms with van der Waals surface area (Å²) in [5.74, 6) is 0.863. The van der Waals surface area contributed by atoms with Crippen molar-refractivity contribution >= 4 is 10.9 Å². The highest BCUT2D eigenvalue weighted by atomic mass is 16.5. The van der Waals surface area contributed by atoms with Crippen molar-refractivity contribution < 1.29 is 4.74 Å². The van der Waals surface area contributed by atoms with Gasteiger partial charge in [0, 0.05) is 11.6 Å². The molecule has 0 aliphatic rings. The summed E-state index contributed by atoms with van der Waals surface area (Å²) in [6, 6.07) is 16.2. The van der Waals surface area contributed by atoms with Gasteiger partial charge in [0.2, 0.25) is 0 Å². The van der Waals surface area contributed by atoms with Gasteiger partial charge >= 0.3 is 0 Å². The number of aromatic nitrogens is 2. The Morgan fingerprint density at radius 3 is 2.72 bits per heavy atom. The van der Waals surface area contributed by atoms with Crippen LogP contribution in [0.15, 0.2) is 54.7 Å². The summed E-state index contributed by atoms with van der Waals surface area (Å²) in [5.41, 5.74) is 2.24. The molecule has 1 aromatic heterocycles. The molecule has 0 N–H and O–H groups in total. The third-order valence-corrected chi connectivity index (χ3v) is 2.95. The lowest BCUT2D eigenvalue weighted by Gasteiger charge is -2.00. The molecule has 0 bridgehead atoms. The molecule has 3 nitrogen and oxygen atoms in total. The zero-order valence-corrected chi connectivity index (χ0v) is 10.2. The maximum Gasteiger partial charge on any atom is 0.119 e. The topological polar surface area (TPSA) is 27.1 Å². The number of ether oxygens (including phenoxy) is 1. The van der Waals surface area contributed by atoms with Gasteiger partial charge in [0.05, 0.1) is 19.2 Å². The average Bonchev–Trinajstić information content (AvgIpc) is 2.80. The Morgan fingerprint density at radius 1 is 1.11 bits per heavy atom. The number of fused-ring (bicyclic) bond motifs is 1. The van der Waals surface area contributed by atoms with Crippen molar-refractivity contribution in [2.75, 3.05) is 7.11 Å². The van der Waals surface area contributed by atoms with E-state index in [9.17, 15) is 0 Å². The van der Waals surface area contributed by atoms with Gasteiger partial charge in [-0.05, 0) is 23.8 Å². The average molecular weight is 238 g/mol. The molecule has 0 saturated heterocycles. The summed E-state index contributed by atoms with van der Waals surface area (Å²) in [7, 11) is 1.68. The Morgan fingerprint density at radius 2 is 1.94 bits per heavy atom. The smallest absolute Gasteiger partial charge is 0.119 e. The van der Waals surface area contributed by atoms with Gasteiger partial charge in [0.15, 0.2) is 0 Å². The fourth-order valence-corrected chi connectivity index (χ4v) is 2.03. The first-order chi connectivity index (χ1) is 8.85. The Labute approximate surface area is 106 Å². The highest BCUT2D eigenvalue weighted by Crippen LogP contribution is 2.19. The van der Waals surface area contributed by atoms with Crippen molar-refractivity contribution in [3.8, 4) is 5.75 Å². The second-order valence-electron chi connectivity index (χ2n) is 4.24. The molecule has 0 radical (unpaired) electrons. The van der Waals surface area contributed by atoms with E-state index in [1.54, 1.807) is 7.11 Å². The van der Waals surface area contributed by atoms with Crippen LogP contribution in [0.25, 0.3) is 10.9 Å². The Bertz CT molecular complexity index is 659. The predicted octanol–water partition coefficient (Wildman–Crippen LogP) is 3.09. The molecule has 0 unspecified atom stereocenters. The second kappa shape index (κ2) is 4.53. The fourth-order valence-electron chi connectivity index (χ4n) is 2.03. The van der Waals surface area contributed by atoms with E-state index >= 15 is 0 Å². The highest BCUT2D eigenvalue weighted by molar-refractivity contribution is 5.79. The van der Waals surface area contributed by atoms with Gasteiger partial charge in [-0.3, -0.25) is 4.68 Å². The monoisotopic (exact) mass is 238 g/mol. The second-order valence-corrected chi connectivity index (χ2v) is 4.24. The number of hydrogen-bond acceptors (Lipinski definition) is 2. The maximum atomic E-state index is 5.21. The van der Waals surface area contributed by atoms with Crippen LogP contribution in [0.5, 0.6) is 5.75 Å². The maximum absolute atomic E-state index is 5.21. The largest absolute Gasteiger partial charge is 0.497 e. The lowest BCUT2D eigenvalue weighted by atomic mass is 10.2. The summed E-state index contributed by atoms with van der Waals surface area (Å²) < 4.78 is 7.17. The number of benzene rings is 2. The van der Waals surface area contributed by atoms with Crippen LogP contribution in [0.3, 0.4) is 0 Å². The molecule has 0 atom stereocenters. The summed E-state index contributed by atoms with van der Waals surface area (Å²) in [5, 5.41) is 5.65. The van der Waals surface area contributed by atoms with Gasteiger partial charge in [-0.1, -0.05) is 30.3 Å². The van der Waals surface area contributed by atoms with E-state index in [-0.39, 0.29) is 0 Å². The molecule has 0 aliphatic carbocycles. The minimum Gasteiger partial charge on any atom is -0.497 e. The van der Waals surface area contributed by atoms with Gasteiger partial charge in [-0.25, -0.2) is 0 Å². The molecule has 0 fully saturated rings. The Hall–Kier alpha value is -2.29. The molecule has 0 amide bonds. The normalized spacial score (nSPS) is 10.7. The van der Waals surface area contributed by atoms with Gasteiger partial charge in [0.1, 0.15) is 5.75 Å². The summed E-state index contributed by atoms with van der Waals surface area (Å²) >= 11 is 0. The van der Waals surface area contributed by atoms with Crippen molar-refractivity contribution in [2.24, 2.45) is 0 Å². The molecular weight excluding hydrogens is 224 g/mol. The number of rotatable bonds is 3. The number of hydrogen-bond donors (Lipinski definition) is 0. The molecular formula is C15H14N2O. The Kier molecular flexibility index (Phi) is 2.73. The van der Waals surface area contributed by atoms with Crippen LogP contribution in [0.2, 0.25) is 0 Å². The lowest BCUT2D eigenvalue weighted by molar-refractivity contribution is 0.415. The van der Waals surface area contributed by atoms with Crippen molar-refractivity contribution in [1.29, 1.82) is 0 Å². The van der Waals surface area contributed by atoms with Crippen LogP contribution in [0.1, 0.15) is 5.56 Å². The van der Waals surface area contributed by atoms with Crippen molar-refractivity contribution in [1.82, 2.24) is 9.78 Å². The molecule has 3 rings (SSSR count). The van der Waals surface area contributed by atoms with E-state index in [4.69, 9.17) is 4.74 Å². The molecule has 2 aromatic carbocycles.